The Bertz CT molecular complexity index is 787. The van der Waals surface area contributed by atoms with Crippen molar-refractivity contribution < 1.29 is 14.3 Å². The van der Waals surface area contributed by atoms with E-state index in [1.807, 2.05) is 59.5 Å². The minimum Gasteiger partial charge on any atom is -0.457 e. The molecule has 6 heteroatoms. The van der Waals surface area contributed by atoms with Crippen LogP contribution in [-0.2, 0) is 4.79 Å². The van der Waals surface area contributed by atoms with Crippen molar-refractivity contribution in [3.05, 3.63) is 60.2 Å². The highest BCUT2D eigenvalue weighted by molar-refractivity contribution is 5.79. The number of likely N-dealkylation sites (tertiary alicyclic amines) is 1. The maximum absolute atomic E-state index is 12.8. The summed E-state index contributed by atoms with van der Waals surface area (Å²) in [5.41, 5.74) is 6.15. The number of rotatable bonds is 6. The van der Waals surface area contributed by atoms with E-state index in [0.717, 1.165) is 50.1 Å². The molecule has 1 fully saturated rings. The number of hydrogen-bond acceptors (Lipinski definition) is 3. The molecule has 1 aliphatic rings. The van der Waals surface area contributed by atoms with E-state index in [1.54, 1.807) is 0 Å². The van der Waals surface area contributed by atoms with Gasteiger partial charge in [0.25, 0.3) is 0 Å². The van der Waals surface area contributed by atoms with Crippen molar-refractivity contribution in [3.8, 4) is 11.5 Å². The van der Waals surface area contributed by atoms with Gasteiger partial charge in [0, 0.05) is 13.1 Å². The standard InChI is InChI=1S/C22H27N3O3/c23-22(27)24-20(16-21(26)25-13-6-1-2-7-14-25)17-9-8-12-19(15-17)28-18-10-4-3-5-11-18/h3-5,8-12,15,20H,1-2,6-7,13-14,16H2,(H3,23,24,27)/t20-/m0/s1. The first-order valence-electron chi connectivity index (χ1n) is 9.78. The second-order valence-electron chi connectivity index (χ2n) is 7.05. The molecular formula is C22H27N3O3. The zero-order chi connectivity index (χ0) is 19.8. The number of para-hydroxylation sites is 1. The van der Waals surface area contributed by atoms with Crippen LogP contribution in [-0.4, -0.2) is 29.9 Å². The number of nitrogens with zero attached hydrogens (tertiary/aromatic N) is 1. The molecule has 0 unspecified atom stereocenters. The first-order chi connectivity index (χ1) is 13.6. The fourth-order valence-corrected chi connectivity index (χ4v) is 3.47. The molecule has 3 rings (SSSR count). The van der Waals surface area contributed by atoms with Gasteiger partial charge in [0.2, 0.25) is 5.91 Å². The Hall–Kier alpha value is -3.02. The Labute approximate surface area is 165 Å². The summed E-state index contributed by atoms with van der Waals surface area (Å²) in [6.45, 7) is 1.55. The highest BCUT2D eigenvalue weighted by atomic mass is 16.5. The normalized spacial score (nSPS) is 15.4. The van der Waals surface area contributed by atoms with Crippen LogP contribution in [0, 0.1) is 0 Å². The largest absolute Gasteiger partial charge is 0.457 e. The number of carbonyl (C=O) groups excluding carboxylic acids is 2. The second-order valence-corrected chi connectivity index (χ2v) is 7.05. The van der Waals surface area contributed by atoms with Crippen molar-refractivity contribution in [1.29, 1.82) is 0 Å². The molecule has 1 atom stereocenters. The fraction of sp³-hybridized carbons (Fsp3) is 0.364. The Morgan fingerprint density at radius 3 is 2.32 bits per heavy atom. The molecule has 0 radical (unpaired) electrons. The number of carbonyl (C=O) groups is 2. The van der Waals surface area contributed by atoms with E-state index in [0.29, 0.717) is 5.75 Å². The van der Waals surface area contributed by atoms with Gasteiger partial charge < -0.3 is 20.7 Å². The Morgan fingerprint density at radius 1 is 0.964 bits per heavy atom. The van der Waals surface area contributed by atoms with Crippen LogP contribution in [0.2, 0.25) is 0 Å². The zero-order valence-electron chi connectivity index (χ0n) is 16.0. The van der Waals surface area contributed by atoms with Crippen LogP contribution in [0.15, 0.2) is 54.6 Å². The maximum atomic E-state index is 12.8. The predicted octanol–water partition coefficient (Wildman–Crippen LogP) is 3.98. The highest BCUT2D eigenvalue weighted by Gasteiger charge is 2.22. The molecule has 3 amide bonds. The van der Waals surface area contributed by atoms with Crippen molar-refractivity contribution in [1.82, 2.24) is 10.2 Å². The maximum Gasteiger partial charge on any atom is 0.312 e. The van der Waals surface area contributed by atoms with Gasteiger partial charge >= 0.3 is 6.03 Å². The lowest BCUT2D eigenvalue weighted by molar-refractivity contribution is -0.131. The van der Waals surface area contributed by atoms with E-state index < -0.39 is 12.1 Å². The lowest BCUT2D eigenvalue weighted by Crippen LogP contribution is -2.38. The molecule has 0 aromatic heterocycles. The smallest absolute Gasteiger partial charge is 0.312 e. The lowest BCUT2D eigenvalue weighted by Gasteiger charge is -2.24. The van der Waals surface area contributed by atoms with Crippen LogP contribution in [0.4, 0.5) is 4.79 Å². The predicted molar refractivity (Wildman–Crippen MR) is 108 cm³/mol. The summed E-state index contributed by atoms with van der Waals surface area (Å²) in [6.07, 6.45) is 4.55. The first-order valence-corrected chi connectivity index (χ1v) is 9.78. The molecule has 1 saturated heterocycles. The van der Waals surface area contributed by atoms with E-state index in [2.05, 4.69) is 5.32 Å². The number of hydrogen-bond donors (Lipinski definition) is 2. The van der Waals surface area contributed by atoms with Crippen LogP contribution < -0.4 is 15.8 Å². The Kier molecular flexibility index (Phi) is 6.89. The topological polar surface area (TPSA) is 84.7 Å². The van der Waals surface area contributed by atoms with E-state index >= 15 is 0 Å². The summed E-state index contributed by atoms with van der Waals surface area (Å²) in [6, 6.07) is 15.7. The molecule has 2 aromatic rings. The number of ether oxygens (including phenoxy) is 1. The van der Waals surface area contributed by atoms with Crippen molar-refractivity contribution in [3.63, 3.8) is 0 Å². The fourth-order valence-electron chi connectivity index (χ4n) is 3.47. The third kappa shape index (κ3) is 5.74. The number of urea groups is 1. The van der Waals surface area contributed by atoms with Crippen LogP contribution in [0.25, 0.3) is 0 Å². The van der Waals surface area contributed by atoms with E-state index in [9.17, 15) is 9.59 Å². The zero-order valence-corrected chi connectivity index (χ0v) is 16.0. The van der Waals surface area contributed by atoms with Gasteiger partial charge in [-0.1, -0.05) is 43.2 Å². The van der Waals surface area contributed by atoms with Gasteiger partial charge in [-0.05, 0) is 42.7 Å². The second kappa shape index (κ2) is 9.78. The average Bonchev–Trinajstić information content (AvgIpc) is 2.98. The summed E-state index contributed by atoms with van der Waals surface area (Å²) in [7, 11) is 0. The minimum absolute atomic E-state index is 0.0371. The Morgan fingerprint density at radius 2 is 1.64 bits per heavy atom. The van der Waals surface area contributed by atoms with Crippen molar-refractivity contribution in [2.75, 3.05) is 13.1 Å². The van der Waals surface area contributed by atoms with E-state index in [4.69, 9.17) is 10.5 Å². The third-order valence-corrected chi connectivity index (χ3v) is 4.89. The number of primary amides is 1. The molecule has 0 spiro atoms. The molecule has 1 aliphatic heterocycles. The Balaban J connectivity index is 1.74. The molecule has 3 N–H and O–H groups in total. The number of nitrogens with one attached hydrogen (secondary N) is 1. The third-order valence-electron chi connectivity index (χ3n) is 4.89. The SMILES string of the molecule is NC(=O)N[C@@H](CC(=O)N1CCCCCC1)c1cccc(Oc2ccccc2)c1. The summed E-state index contributed by atoms with van der Waals surface area (Å²) in [5, 5.41) is 2.71. The van der Waals surface area contributed by atoms with Gasteiger partial charge in [0.1, 0.15) is 11.5 Å². The minimum atomic E-state index is -0.650. The van der Waals surface area contributed by atoms with E-state index in [-0.39, 0.29) is 12.3 Å². The molecule has 2 aromatic carbocycles. The van der Waals surface area contributed by atoms with Crippen molar-refractivity contribution in [2.24, 2.45) is 5.73 Å². The van der Waals surface area contributed by atoms with Gasteiger partial charge in [-0.2, -0.15) is 0 Å². The van der Waals surface area contributed by atoms with Crippen molar-refractivity contribution in [2.45, 2.75) is 38.1 Å². The van der Waals surface area contributed by atoms with Gasteiger partial charge in [0.05, 0.1) is 12.5 Å². The molecule has 6 nitrogen and oxygen atoms in total. The van der Waals surface area contributed by atoms with Gasteiger partial charge in [0.15, 0.2) is 0 Å². The molecule has 28 heavy (non-hydrogen) atoms. The molecule has 148 valence electrons. The summed E-state index contributed by atoms with van der Waals surface area (Å²) in [4.78, 5) is 26.2. The number of benzene rings is 2. The van der Waals surface area contributed by atoms with Crippen molar-refractivity contribution >= 4 is 11.9 Å². The van der Waals surface area contributed by atoms with Crippen LogP contribution in [0.5, 0.6) is 11.5 Å². The molecule has 1 heterocycles. The first kappa shape index (κ1) is 19.7. The summed E-state index contributed by atoms with van der Waals surface area (Å²) < 4.78 is 5.87. The molecule has 0 saturated carbocycles. The van der Waals surface area contributed by atoms with E-state index in [1.165, 1.54) is 0 Å². The quantitative estimate of drug-likeness (QED) is 0.794. The lowest BCUT2D eigenvalue weighted by atomic mass is 10.0. The summed E-state index contributed by atoms with van der Waals surface area (Å²) in [5.74, 6) is 1.40. The molecule has 0 aliphatic carbocycles. The van der Waals surface area contributed by atoms with Gasteiger partial charge in [-0.25, -0.2) is 4.79 Å². The summed E-state index contributed by atoms with van der Waals surface area (Å²) >= 11 is 0. The van der Waals surface area contributed by atoms with Gasteiger partial charge in [-0.3, -0.25) is 4.79 Å². The molecular weight excluding hydrogens is 354 g/mol. The number of nitrogens with two attached hydrogens (primary N) is 1. The number of amides is 3. The van der Waals surface area contributed by atoms with Crippen LogP contribution >= 0.6 is 0 Å². The average molecular weight is 381 g/mol. The van der Waals surface area contributed by atoms with Crippen LogP contribution in [0.3, 0.4) is 0 Å². The molecule has 0 bridgehead atoms. The van der Waals surface area contributed by atoms with Crippen LogP contribution in [0.1, 0.15) is 43.7 Å². The van der Waals surface area contributed by atoms with Gasteiger partial charge in [-0.15, -0.1) is 0 Å². The monoisotopic (exact) mass is 381 g/mol. The highest BCUT2D eigenvalue weighted by Crippen LogP contribution is 2.26.